The summed E-state index contributed by atoms with van der Waals surface area (Å²) in [6.07, 6.45) is 6.97. The Balaban J connectivity index is 1.45. The first kappa shape index (κ1) is 16.2. The minimum atomic E-state index is 0.363. The van der Waals surface area contributed by atoms with Crippen LogP contribution in [-0.4, -0.2) is 22.9 Å². The van der Waals surface area contributed by atoms with E-state index in [1.54, 1.807) is 0 Å². The highest BCUT2D eigenvalue weighted by molar-refractivity contribution is 5.79. The van der Waals surface area contributed by atoms with Crippen molar-refractivity contribution in [3.05, 3.63) is 35.9 Å². The number of hydrogen-bond donors (Lipinski definition) is 0. The van der Waals surface area contributed by atoms with Crippen LogP contribution in [0.15, 0.2) is 30.3 Å². The van der Waals surface area contributed by atoms with Crippen LogP contribution in [0.2, 0.25) is 0 Å². The van der Waals surface area contributed by atoms with Gasteiger partial charge in [-0.1, -0.05) is 51.1 Å². The van der Waals surface area contributed by atoms with Gasteiger partial charge in [-0.15, -0.1) is 0 Å². The van der Waals surface area contributed by atoms with E-state index >= 15 is 0 Å². The van der Waals surface area contributed by atoms with E-state index < -0.39 is 0 Å². The summed E-state index contributed by atoms with van der Waals surface area (Å²) in [7, 11) is 0. The molecule has 1 aromatic carbocycles. The predicted octanol–water partition coefficient (Wildman–Crippen LogP) is 4.68. The van der Waals surface area contributed by atoms with Crippen LogP contribution >= 0.6 is 0 Å². The first-order valence-electron chi connectivity index (χ1n) is 9.76. The van der Waals surface area contributed by atoms with E-state index in [1.807, 2.05) is 18.2 Å². The molecule has 0 N–H and O–H groups in total. The van der Waals surface area contributed by atoms with Crippen molar-refractivity contribution >= 4 is 5.91 Å². The highest BCUT2D eigenvalue weighted by atomic mass is 16.2. The molecule has 0 unspecified atom stereocenters. The summed E-state index contributed by atoms with van der Waals surface area (Å²) in [6.45, 7) is 7.15. The fraction of sp³-hybridized carbons (Fsp3) is 0.682. The molecule has 2 heterocycles. The average Bonchev–Trinajstić information content (AvgIpc) is 2.49. The third-order valence-corrected chi connectivity index (χ3v) is 6.63. The second-order valence-corrected chi connectivity index (χ2v) is 9.66. The zero-order chi connectivity index (χ0) is 16.9. The van der Waals surface area contributed by atoms with E-state index in [9.17, 15) is 4.79 Å². The quantitative estimate of drug-likeness (QED) is 0.790. The molecule has 2 aliphatic carbocycles. The Morgan fingerprint density at radius 3 is 2.04 bits per heavy atom. The van der Waals surface area contributed by atoms with E-state index in [0.717, 1.165) is 23.3 Å². The van der Waals surface area contributed by atoms with Gasteiger partial charge in [0.1, 0.15) is 0 Å². The van der Waals surface area contributed by atoms with Gasteiger partial charge in [0, 0.05) is 12.1 Å². The highest BCUT2D eigenvalue weighted by Gasteiger charge is 2.53. The molecular formula is C22H31NO. The van der Waals surface area contributed by atoms with Crippen molar-refractivity contribution in [2.45, 2.75) is 71.4 Å². The molecule has 1 amide bonds. The van der Waals surface area contributed by atoms with Crippen LogP contribution in [0, 0.1) is 23.2 Å². The zero-order valence-electron chi connectivity index (χ0n) is 15.4. The molecule has 4 bridgehead atoms. The van der Waals surface area contributed by atoms with Crippen LogP contribution in [0.1, 0.15) is 58.4 Å². The smallest absolute Gasteiger partial charge is 0.227 e. The Kier molecular flexibility index (Phi) is 3.97. The third kappa shape index (κ3) is 3.00. The second kappa shape index (κ2) is 5.89. The molecule has 2 saturated carbocycles. The number of amides is 1. The molecule has 24 heavy (non-hydrogen) atoms. The number of carbonyl (C=O) groups excluding carboxylic acids is 1. The van der Waals surface area contributed by atoms with Gasteiger partial charge in [0.2, 0.25) is 5.91 Å². The minimum absolute atomic E-state index is 0.363. The molecule has 2 saturated heterocycles. The summed E-state index contributed by atoms with van der Waals surface area (Å²) < 4.78 is 0. The van der Waals surface area contributed by atoms with Gasteiger partial charge in [0.25, 0.3) is 0 Å². The molecule has 0 radical (unpaired) electrons. The van der Waals surface area contributed by atoms with E-state index in [0.29, 0.717) is 29.8 Å². The molecule has 1 aromatic rings. The van der Waals surface area contributed by atoms with Gasteiger partial charge in [-0.05, 0) is 60.8 Å². The Morgan fingerprint density at radius 2 is 1.54 bits per heavy atom. The standard InChI is InChI=1S/C22H31NO/c1-22(2,3)14-20-16-10-18-12-17(20)13-19(11-16)23(18)21(24)9-15-7-5-4-6-8-15/h4-8,16-20H,9-14H2,1-3H3. The maximum absolute atomic E-state index is 12.9. The number of piperidine rings is 2. The molecule has 0 spiro atoms. The molecule has 4 fully saturated rings. The fourth-order valence-corrected chi connectivity index (χ4v) is 5.93. The zero-order valence-corrected chi connectivity index (χ0v) is 15.4. The highest BCUT2D eigenvalue weighted by Crippen LogP contribution is 2.55. The van der Waals surface area contributed by atoms with Gasteiger partial charge in [-0.3, -0.25) is 4.79 Å². The van der Waals surface area contributed by atoms with E-state index in [-0.39, 0.29) is 0 Å². The van der Waals surface area contributed by atoms with Crippen LogP contribution in [0.4, 0.5) is 0 Å². The SMILES string of the molecule is CC(C)(C)CC1C2CC3CC1CC(C2)N3C(=O)Cc1ccccc1. The van der Waals surface area contributed by atoms with Gasteiger partial charge in [0.15, 0.2) is 0 Å². The summed E-state index contributed by atoms with van der Waals surface area (Å²) in [6, 6.07) is 11.3. The number of rotatable bonds is 3. The van der Waals surface area contributed by atoms with Gasteiger partial charge in [-0.2, -0.15) is 0 Å². The molecule has 2 heteroatoms. The largest absolute Gasteiger partial charge is 0.336 e. The number of hydrogen-bond acceptors (Lipinski definition) is 1. The van der Waals surface area contributed by atoms with Crippen LogP contribution in [0.3, 0.4) is 0 Å². The van der Waals surface area contributed by atoms with Crippen LogP contribution in [0.25, 0.3) is 0 Å². The topological polar surface area (TPSA) is 20.3 Å². The molecule has 0 atom stereocenters. The molecule has 4 aliphatic rings. The Hall–Kier alpha value is -1.31. The first-order chi connectivity index (χ1) is 11.4. The minimum Gasteiger partial charge on any atom is -0.336 e. The lowest BCUT2D eigenvalue weighted by Gasteiger charge is -2.60. The van der Waals surface area contributed by atoms with Gasteiger partial charge in [-0.25, -0.2) is 0 Å². The molecule has 2 nitrogen and oxygen atoms in total. The molecule has 5 rings (SSSR count). The monoisotopic (exact) mass is 325 g/mol. The lowest BCUT2D eigenvalue weighted by Crippen LogP contribution is -2.63. The lowest BCUT2D eigenvalue weighted by atomic mass is 9.55. The van der Waals surface area contributed by atoms with Gasteiger partial charge in [0.05, 0.1) is 6.42 Å². The Morgan fingerprint density at radius 1 is 1.00 bits per heavy atom. The molecule has 2 aliphatic heterocycles. The van der Waals surface area contributed by atoms with Crippen molar-refractivity contribution in [1.82, 2.24) is 4.90 Å². The third-order valence-electron chi connectivity index (χ3n) is 6.63. The lowest BCUT2D eigenvalue weighted by molar-refractivity contribution is -0.155. The first-order valence-corrected chi connectivity index (χ1v) is 9.76. The van der Waals surface area contributed by atoms with Gasteiger partial charge >= 0.3 is 0 Å². The van der Waals surface area contributed by atoms with Crippen molar-refractivity contribution in [3.8, 4) is 0 Å². The molecular weight excluding hydrogens is 294 g/mol. The normalized spacial score (nSPS) is 34.6. The van der Waals surface area contributed by atoms with E-state index in [4.69, 9.17) is 0 Å². The fourth-order valence-electron chi connectivity index (χ4n) is 5.93. The van der Waals surface area contributed by atoms with Crippen LogP contribution < -0.4 is 0 Å². The molecule has 0 aromatic heterocycles. The van der Waals surface area contributed by atoms with Crippen molar-refractivity contribution < 1.29 is 4.79 Å². The maximum atomic E-state index is 12.9. The van der Waals surface area contributed by atoms with Crippen molar-refractivity contribution in [2.24, 2.45) is 23.2 Å². The average molecular weight is 325 g/mol. The van der Waals surface area contributed by atoms with Crippen molar-refractivity contribution in [2.75, 3.05) is 0 Å². The summed E-state index contributed by atoms with van der Waals surface area (Å²) >= 11 is 0. The number of carbonyl (C=O) groups is 1. The Labute approximate surface area is 146 Å². The maximum Gasteiger partial charge on any atom is 0.227 e. The summed E-state index contributed by atoms with van der Waals surface area (Å²) in [5, 5.41) is 0. The van der Waals surface area contributed by atoms with E-state index in [2.05, 4.69) is 37.8 Å². The van der Waals surface area contributed by atoms with E-state index in [1.165, 1.54) is 32.1 Å². The van der Waals surface area contributed by atoms with Crippen LogP contribution in [-0.2, 0) is 11.2 Å². The summed E-state index contributed by atoms with van der Waals surface area (Å²) in [5.74, 6) is 3.01. The summed E-state index contributed by atoms with van der Waals surface area (Å²) in [4.78, 5) is 15.2. The predicted molar refractivity (Wildman–Crippen MR) is 97.6 cm³/mol. The second-order valence-electron chi connectivity index (χ2n) is 9.66. The number of benzene rings is 1. The Bertz CT molecular complexity index is 570. The van der Waals surface area contributed by atoms with Crippen LogP contribution in [0.5, 0.6) is 0 Å². The van der Waals surface area contributed by atoms with Crippen molar-refractivity contribution in [1.29, 1.82) is 0 Å². The number of nitrogens with zero attached hydrogens (tertiary/aromatic N) is 1. The summed E-state index contributed by atoms with van der Waals surface area (Å²) in [5.41, 5.74) is 1.59. The van der Waals surface area contributed by atoms with Crippen molar-refractivity contribution in [3.63, 3.8) is 0 Å². The molecule has 130 valence electrons. The van der Waals surface area contributed by atoms with Gasteiger partial charge < -0.3 is 4.90 Å².